The molecule has 0 aromatic rings. The number of unbranched alkanes of at least 4 members (excludes halogenated alkanes) is 3. The summed E-state index contributed by atoms with van der Waals surface area (Å²) in [6.07, 6.45) is 6.41. The molecule has 1 atom stereocenters. The summed E-state index contributed by atoms with van der Waals surface area (Å²) in [6.45, 7) is 4.84. The maximum atomic E-state index is 11.1. The molecule has 12 heavy (non-hydrogen) atoms. The van der Waals surface area contributed by atoms with Crippen LogP contribution in [-0.2, 0) is 9.09 Å². The Morgan fingerprint density at radius 1 is 1.08 bits per heavy atom. The predicted octanol–water partition coefficient (Wildman–Crippen LogP) is 3.74. The molecule has 2 nitrogen and oxygen atoms in total. The van der Waals surface area contributed by atoms with Gasteiger partial charge in [0.05, 0.1) is 0 Å². The molecule has 0 aliphatic heterocycles. The van der Waals surface area contributed by atoms with Crippen LogP contribution in [0, 0.1) is 0 Å². The third-order valence-corrected chi connectivity index (χ3v) is 2.79. The zero-order chi connectivity index (χ0) is 9.23. The molecule has 0 fully saturated rings. The summed E-state index contributed by atoms with van der Waals surface area (Å²) in [6, 6.07) is 0. The highest BCUT2D eigenvalue weighted by molar-refractivity contribution is 7.39. The van der Waals surface area contributed by atoms with Crippen molar-refractivity contribution in [1.82, 2.24) is 0 Å². The van der Waals surface area contributed by atoms with Crippen LogP contribution in [0.2, 0.25) is 0 Å². The molecule has 0 amide bonds. The van der Waals surface area contributed by atoms with E-state index in [1.54, 1.807) is 0 Å². The molecule has 0 N–H and O–H groups in total. The maximum absolute atomic E-state index is 11.1. The van der Waals surface area contributed by atoms with E-state index in [1.165, 1.54) is 19.3 Å². The normalized spacial score (nSPS) is 11.7. The van der Waals surface area contributed by atoms with Gasteiger partial charge in [0.1, 0.15) is 6.61 Å². The smallest absolute Gasteiger partial charge is 0.146 e. The summed E-state index contributed by atoms with van der Waals surface area (Å²) in [4.78, 5) is 0. The van der Waals surface area contributed by atoms with Gasteiger partial charge in [0.15, 0.2) is 6.16 Å². The van der Waals surface area contributed by atoms with Gasteiger partial charge in [-0.05, 0) is 23.8 Å². The fourth-order valence-electron chi connectivity index (χ4n) is 0.925. The van der Waals surface area contributed by atoms with Crippen molar-refractivity contribution in [3.05, 3.63) is 0 Å². The molecule has 0 aliphatic rings. The average molecular weight is 191 g/mol. The monoisotopic (exact) mass is 191 g/mol. The van der Waals surface area contributed by atoms with Crippen molar-refractivity contribution in [3.63, 3.8) is 0 Å². The molecule has 0 spiro atoms. The standard InChI is InChI=1S/C9H20O2P/c1-3-5-6-7-9-12(10)11-8-4-2/h3-9H2,1-2H3/q+1. The van der Waals surface area contributed by atoms with Gasteiger partial charge in [0, 0.05) is 0 Å². The Kier molecular flexibility index (Phi) is 9.20. The topological polar surface area (TPSA) is 26.3 Å². The van der Waals surface area contributed by atoms with Gasteiger partial charge in [0.25, 0.3) is 0 Å². The van der Waals surface area contributed by atoms with Crippen molar-refractivity contribution in [3.8, 4) is 0 Å². The lowest BCUT2D eigenvalue weighted by atomic mass is 10.2. The van der Waals surface area contributed by atoms with E-state index in [2.05, 4.69) is 6.92 Å². The van der Waals surface area contributed by atoms with Crippen LogP contribution in [0.25, 0.3) is 0 Å². The Morgan fingerprint density at radius 2 is 1.83 bits per heavy atom. The SMILES string of the molecule is CCCCCC[P+](=O)OCCC. The molecule has 0 radical (unpaired) electrons. The van der Waals surface area contributed by atoms with Gasteiger partial charge < -0.3 is 0 Å². The summed E-state index contributed by atoms with van der Waals surface area (Å²) in [5, 5.41) is 0. The Labute approximate surface area is 76.6 Å². The molecule has 0 heterocycles. The van der Waals surface area contributed by atoms with Gasteiger partial charge >= 0.3 is 8.03 Å². The lowest BCUT2D eigenvalue weighted by Crippen LogP contribution is -1.86. The summed E-state index contributed by atoms with van der Waals surface area (Å²) in [7, 11) is -1.35. The zero-order valence-electron chi connectivity index (χ0n) is 8.21. The van der Waals surface area contributed by atoms with Crippen molar-refractivity contribution in [2.75, 3.05) is 12.8 Å². The number of hydrogen-bond donors (Lipinski definition) is 0. The lowest BCUT2D eigenvalue weighted by Gasteiger charge is -1.91. The largest absolute Gasteiger partial charge is 0.508 e. The van der Waals surface area contributed by atoms with E-state index in [4.69, 9.17) is 4.52 Å². The molecule has 3 heteroatoms. The molecule has 72 valence electrons. The summed E-state index contributed by atoms with van der Waals surface area (Å²) < 4.78 is 16.2. The Balaban J connectivity index is 3.08. The van der Waals surface area contributed by atoms with Crippen molar-refractivity contribution in [2.24, 2.45) is 0 Å². The summed E-state index contributed by atoms with van der Waals surface area (Å²) >= 11 is 0. The second-order valence-electron chi connectivity index (χ2n) is 2.95. The van der Waals surface area contributed by atoms with Crippen LogP contribution < -0.4 is 0 Å². The van der Waals surface area contributed by atoms with Crippen LogP contribution in [-0.4, -0.2) is 12.8 Å². The van der Waals surface area contributed by atoms with Crippen LogP contribution in [0.5, 0.6) is 0 Å². The fourth-order valence-corrected chi connectivity index (χ4v) is 1.92. The van der Waals surface area contributed by atoms with E-state index < -0.39 is 8.03 Å². The zero-order valence-corrected chi connectivity index (χ0v) is 9.11. The quantitative estimate of drug-likeness (QED) is 0.431. The fraction of sp³-hybridized carbons (Fsp3) is 1.00. The Hall–Kier alpha value is 0.0600. The molecular weight excluding hydrogens is 171 g/mol. The molecule has 0 saturated heterocycles. The molecule has 0 aromatic heterocycles. The van der Waals surface area contributed by atoms with Gasteiger partial charge in [-0.25, -0.2) is 0 Å². The number of hydrogen-bond acceptors (Lipinski definition) is 2. The number of rotatable bonds is 8. The third kappa shape index (κ3) is 8.16. The van der Waals surface area contributed by atoms with E-state index in [0.717, 1.165) is 19.0 Å². The minimum Gasteiger partial charge on any atom is -0.146 e. The van der Waals surface area contributed by atoms with Crippen molar-refractivity contribution < 1.29 is 9.09 Å². The molecule has 0 aliphatic carbocycles. The van der Waals surface area contributed by atoms with E-state index in [0.29, 0.717) is 6.61 Å². The third-order valence-electron chi connectivity index (χ3n) is 1.63. The van der Waals surface area contributed by atoms with Crippen LogP contribution in [0.1, 0.15) is 46.0 Å². The van der Waals surface area contributed by atoms with Crippen LogP contribution in [0.4, 0.5) is 0 Å². The average Bonchev–Trinajstić information content (AvgIpc) is 2.09. The maximum Gasteiger partial charge on any atom is 0.508 e. The van der Waals surface area contributed by atoms with Crippen LogP contribution in [0.3, 0.4) is 0 Å². The highest BCUT2D eigenvalue weighted by atomic mass is 31.1. The lowest BCUT2D eigenvalue weighted by molar-refractivity contribution is 0.328. The first-order valence-corrected chi connectivity index (χ1v) is 6.25. The molecule has 0 rings (SSSR count). The van der Waals surface area contributed by atoms with Crippen LogP contribution >= 0.6 is 8.03 Å². The molecule has 0 bridgehead atoms. The van der Waals surface area contributed by atoms with E-state index >= 15 is 0 Å². The van der Waals surface area contributed by atoms with Gasteiger partial charge in [-0.3, -0.25) is 0 Å². The molecule has 0 aromatic carbocycles. The van der Waals surface area contributed by atoms with E-state index in [-0.39, 0.29) is 0 Å². The first-order valence-electron chi connectivity index (χ1n) is 4.88. The van der Waals surface area contributed by atoms with E-state index in [1.807, 2.05) is 6.92 Å². The first-order chi connectivity index (χ1) is 5.81. The minimum absolute atomic E-state index is 0.642. The van der Waals surface area contributed by atoms with Gasteiger partial charge in [0.2, 0.25) is 0 Å². The summed E-state index contributed by atoms with van der Waals surface area (Å²) in [5.41, 5.74) is 0. The summed E-state index contributed by atoms with van der Waals surface area (Å²) in [5.74, 6) is 0. The first kappa shape index (κ1) is 12.1. The highest BCUT2D eigenvalue weighted by Crippen LogP contribution is 2.24. The Morgan fingerprint density at radius 3 is 2.42 bits per heavy atom. The van der Waals surface area contributed by atoms with Crippen molar-refractivity contribution >= 4 is 8.03 Å². The van der Waals surface area contributed by atoms with Crippen LogP contribution in [0.15, 0.2) is 0 Å². The van der Waals surface area contributed by atoms with Gasteiger partial charge in [-0.15, -0.1) is 4.52 Å². The van der Waals surface area contributed by atoms with Crippen molar-refractivity contribution in [2.45, 2.75) is 46.0 Å². The van der Waals surface area contributed by atoms with E-state index in [9.17, 15) is 4.57 Å². The molecular formula is C9H20O2P+. The Bertz CT molecular complexity index is 115. The second kappa shape index (κ2) is 9.15. The second-order valence-corrected chi connectivity index (χ2v) is 4.32. The molecule has 0 saturated carbocycles. The molecule has 1 unspecified atom stereocenters. The van der Waals surface area contributed by atoms with Crippen molar-refractivity contribution in [1.29, 1.82) is 0 Å². The van der Waals surface area contributed by atoms with Gasteiger partial charge in [-0.2, -0.15) is 0 Å². The minimum atomic E-state index is -1.35. The highest BCUT2D eigenvalue weighted by Gasteiger charge is 2.14. The van der Waals surface area contributed by atoms with Gasteiger partial charge in [-0.1, -0.05) is 26.7 Å². The predicted molar refractivity (Wildman–Crippen MR) is 52.9 cm³/mol.